The van der Waals surface area contributed by atoms with Crippen LogP contribution >= 0.6 is 0 Å². The van der Waals surface area contributed by atoms with Crippen LogP contribution in [0.4, 0.5) is 0 Å². The summed E-state index contributed by atoms with van der Waals surface area (Å²) in [6.45, 7) is 0.416. The van der Waals surface area contributed by atoms with Crippen molar-refractivity contribution in [1.29, 1.82) is 0 Å². The second kappa shape index (κ2) is 6.72. The molecule has 0 aliphatic rings. The van der Waals surface area contributed by atoms with Gasteiger partial charge in [0, 0.05) is 12.3 Å². The molecule has 0 aliphatic heterocycles. The molecule has 0 saturated heterocycles. The third-order valence-electron chi connectivity index (χ3n) is 4.10. The van der Waals surface area contributed by atoms with Gasteiger partial charge in [-0.3, -0.25) is 0 Å². The number of nitrogens with two attached hydrogens (primary N) is 1. The van der Waals surface area contributed by atoms with Crippen LogP contribution in [0.15, 0.2) is 60.8 Å². The number of aromatic nitrogens is 4. The monoisotopic (exact) mass is 347 g/mol. The number of fused-ring (bicyclic) bond motifs is 1. The first-order valence-corrected chi connectivity index (χ1v) is 8.06. The average molecular weight is 347 g/mol. The molecule has 2 aromatic carbocycles. The topological polar surface area (TPSA) is 88.1 Å². The fraction of sp³-hybridized carbons (Fsp3) is 0.105. The number of nitrogens with zero attached hydrogens (tertiary/aromatic N) is 4. The zero-order valence-electron chi connectivity index (χ0n) is 14.2. The maximum absolute atomic E-state index is 5.87. The summed E-state index contributed by atoms with van der Waals surface area (Å²) in [6, 6.07) is 17.9. The molecule has 2 N–H and O–H groups in total. The van der Waals surface area contributed by atoms with Gasteiger partial charge in [0.25, 0.3) is 0 Å². The minimum absolute atomic E-state index is 0.416. The highest BCUT2D eigenvalue weighted by molar-refractivity contribution is 5.76. The van der Waals surface area contributed by atoms with Crippen LogP contribution in [0.1, 0.15) is 5.56 Å². The number of pyridine rings is 1. The zero-order chi connectivity index (χ0) is 17.9. The van der Waals surface area contributed by atoms with Gasteiger partial charge in [0.15, 0.2) is 11.3 Å². The number of hydrogen-bond donors (Lipinski definition) is 1. The van der Waals surface area contributed by atoms with Gasteiger partial charge in [-0.1, -0.05) is 36.4 Å². The van der Waals surface area contributed by atoms with Crippen molar-refractivity contribution in [2.75, 3.05) is 13.0 Å². The van der Waals surface area contributed by atoms with Gasteiger partial charge in [-0.25, -0.2) is 4.98 Å². The van der Waals surface area contributed by atoms with E-state index < -0.39 is 0 Å². The Kier molecular flexibility index (Phi) is 4.10. The minimum atomic E-state index is 0.416. The lowest BCUT2D eigenvalue weighted by Crippen LogP contribution is -2.10. The van der Waals surface area contributed by atoms with Gasteiger partial charge in [0.05, 0.1) is 7.11 Å². The molecular weight excluding hydrogens is 330 g/mol. The van der Waals surface area contributed by atoms with E-state index in [1.165, 1.54) is 0 Å². The Hall–Kier alpha value is -3.61. The number of ether oxygens (including phenoxy) is 2. The van der Waals surface area contributed by atoms with E-state index in [4.69, 9.17) is 15.3 Å². The van der Waals surface area contributed by atoms with Crippen molar-refractivity contribution in [1.82, 2.24) is 20.1 Å². The molecule has 7 heteroatoms. The molecule has 0 atom stereocenters. The quantitative estimate of drug-likeness (QED) is 0.559. The molecule has 130 valence electrons. The SMILES string of the molecule is COc1ccc(-c2ccc(COc3ccnc4c3nnn4N)cc2)cc1. The van der Waals surface area contributed by atoms with Crippen molar-refractivity contribution < 1.29 is 9.47 Å². The molecule has 4 aromatic rings. The largest absolute Gasteiger partial charge is 0.497 e. The molecule has 26 heavy (non-hydrogen) atoms. The second-order valence-corrected chi connectivity index (χ2v) is 5.73. The molecule has 0 radical (unpaired) electrons. The van der Waals surface area contributed by atoms with Crippen molar-refractivity contribution in [2.45, 2.75) is 6.61 Å². The van der Waals surface area contributed by atoms with Crippen molar-refractivity contribution in [3.63, 3.8) is 0 Å². The van der Waals surface area contributed by atoms with Gasteiger partial charge in [-0.15, -0.1) is 9.89 Å². The van der Waals surface area contributed by atoms with E-state index in [0.29, 0.717) is 23.5 Å². The van der Waals surface area contributed by atoms with Crippen LogP contribution in [-0.2, 0) is 6.61 Å². The lowest BCUT2D eigenvalue weighted by Gasteiger charge is -2.08. The molecule has 7 nitrogen and oxygen atoms in total. The summed E-state index contributed by atoms with van der Waals surface area (Å²) in [7, 11) is 1.66. The van der Waals surface area contributed by atoms with E-state index in [-0.39, 0.29) is 0 Å². The van der Waals surface area contributed by atoms with Crippen molar-refractivity contribution in [3.05, 3.63) is 66.4 Å². The van der Waals surface area contributed by atoms with Gasteiger partial charge in [0.1, 0.15) is 12.4 Å². The van der Waals surface area contributed by atoms with Crippen LogP contribution in [0.2, 0.25) is 0 Å². The van der Waals surface area contributed by atoms with E-state index in [1.54, 1.807) is 19.4 Å². The molecule has 0 aliphatic carbocycles. The smallest absolute Gasteiger partial charge is 0.204 e. The second-order valence-electron chi connectivity index (χ2n) is 5.73. The Balaban J connectivity index is 1.48. The Morgan fingerprint density at radius 1 is 0.962 bits per heavy atom. The minimum Gasteiger partial charge on any atom is -0.497 e. The van der Waals surface area contributed by atoms with Gasteiger partial charge in [-0.05, 0) is 34.0 Å². The Labute approximate surface area is 150 Å². The van der Waals surface area contributed by atoms with Crippen molar-refractivity contribution in [3.8, 4) is 22.6 Å². The van der Waals surface area contributed by atoms with Crippen LogP contribution in [0.25, 0.3) is 22.3 Å². The molecule has 0 fully saturated rings. The summed E-state index contributed by atoms with van der Waals surface area (Å²) in [4.78, 5) is 5.27. The molecule has 2 heterocycles. The Morgan fingerprint density at radius 3 is 2.35 bits per heavy atom. The molecular formula is C19H17N5O2. The predicted octanol–water partition coefficient (Wildman–Crippen LogP) is 2.79. The zero-order valence-corrected chi connectivity index (χ0v) is 14.2. The standard InChI is InChI=1S/C19H17N5O2/c1-25-16-8-6-15(7-9-16)14-4-2-13(3-5-14)12-26-17-10-11-21-19-18(17)22-23-24(19)20/h2-11H,12,20H2,1H3. The summed E-state index contributed by atoms with van der Waals surface area (Å²) in [5.74, 6) is 7.11. The summed E-state index contributed by atoms with van der Waals surface area (Å²) in [5, 5.41) is 7.75. The normalized spacial score (nSPS) is 10.8. The van der Waals surface area contributed by atoms with Crippen LogP contribution in [0, 0.1) is 0 Å². The molecule has 0 saturated carbocycles. The Bertz CT molecular complexity index is 1030. The number of hydrogen-bond acceptors (Lipinski definition) is 6. The van der Waals surface area contributed by atoms with Crippen molar-refractivity contribution >= 4 is 11.2 Å². The van der Waals surface area contributed by atoms with E-state index in [2.05, 4.69) is 27.4 Å². The lowest BCUT2D eigenvalue weighted by molar-refractivity contribution is 0.309. The highest BCUT2D eigenvalue weighted by Gasteiger charge is 2.10. The van der Waals surface area contributed by atoms with Crippen LogP contribution in [0.3, 0.4) is 0 Å². The number of nitrogen functional groups attached to an aromatic ring is 1. The number of rotatable bonds is 5. The fourth-order valence-electron chi connectivity index (χ4n) is 2.68. The summed E-state index contributed by atoms with van der Waals surface area (Å²) in [6.07, 6.45) is 1.62. The maximum Gasteiger partial charge on any atom is 0.204 e. The Morgan fingerprint density at radius 2 is 1.65 bits per heavy atom. The maximum atomic E-state index is 5.87. The van der Waals surface area contributed by atoms with Gasteiger partial charge in [0.2, 0.25) is 5.65 Å². The van der Waals surface area contributed by atoms with Crippen molar-refractivity contribution in [2.24, 2.45) is 0 Å². The van der Waals surface area contributed by atoms with Gasteiger partial charge < -0.3 is 15.3 Å². The first-order chi connectivity index (χ1) is 12.7. The molecule has 4 rings (SSSR count). The highest BCUT2D eigenvalue weighted by atomic mass is 16.5. The van der Waals surface area contributed by atoms with E-state index in [9.17, 15) is 0 Å². The van der Waals surface area contributed by atoms with Gasteiger partial charge >= 0.3 is 0 Å². The summed E-state index contributed by atoms with van der Waals surface area (Å²) >= 11 is 0. The van der Waals surface area contributed by atoms with Crippen LogP contribution in [0.5, 0.6) is 11.5 Å². The first kappa shape index (κ1) is 15.9. The van der Waals surface area contributed by atoms with E-state index in [0.717, 1.165) is 27.2 Å². The molecule has 2 aromatic heterocycles. The van der Waals surface area contributed by atoms with Gasteiger partial charge in [-0.2, -0.15) is 0 Å². The average Bonchev–Trinajstić information content (AvgIpc) is 3.08. The number of benzene rings is 2. The molecule has 0 unspecified atom stereocenters. The predicted molar refractivity (Wildman–Crippen MR) is 98.2 cm³/mol. The fourth-order valence-corrected chi connectivity index (χ4v) is 2.68. The molecule has 0 bridgehead atoms. The molecule has 0 spiro atoms. The van der Waals surface area contributed by atoms with Crippen LogP contribution in [-0.4, -0.2) is 27.2 Å². The third kappa shape index (κ3) is 3.02. The third-order valence-corrected chi connectivity index (χ3v) is 4.10. The van der Waals surface area contributed by atoms with E-state index in [1.807, 2.05) is 36.4 Å². The highest BCUT2D eigenvalue weighted by Crippen LogP contribution is 2.24. The summed E-state index contributed by atoms with van der Waals surface area (Å²) in [5.41, 5.74) is 4.34. The van der Waals surface area contributed by atoms with Crippen LogP contribution < -0.4 is 15.3 Å². The molecule has 0 amide bonds. The summed E-state index contributed by atoms with van der Waals surface area (Å²) < 4.78 is 11.1. The first-order valence-electron chi connectivity index (χ1n) is 8.06. The van der Waals surface area contributed by atoms with E-state index >= 15 is 0 Å². The lowest BCUT2D eigenvalue weighted by atomic mass is 10.0. The number of methoxy groups -OCH3 is 1.